The van der Waals surface area contributed by atoms with Crippen molar-refractivity contribution < 1.29 is 14.2 Å². The lowest BCUT2D eigenvalue weighted by molar-refractivity contribution is 0.173. The quantitative estimate of drug-likeness (QED) is 0.849. The standard InChI is InChI=1S/C17H20N2O3/c1-12(13-4-6-18-7-5-13)19(2)10-14-8-16-17(22-11-21-16)9-15(14)20-3/h4-9,12H,10-11H2,1-3H3. The Kier molecular flexibility index (Phi) is 4.15. The Bertz CT molecular complexity index is 646. The number of fused-ring (bicyclic) bond motifs is 1. The van der Waals surface area contributed by atoms with E-state index in [0.29, 0.717) is 0 Å². The number of nitrogens with zero attached hydrogens (tertiary/aromatic N) is 2. The van der Waals surface area contributed by atoms with Gasteiger partial charge in [-0.2, -0.15) is 0 Å². The molecule has 0 fully saturated rings. The molecule has 5 nitrogen and oxygen atoms in total. The Balaban J connectivity index is 1.80. The van der Waals surface area contributed by atoms with Crippen molar-refractivity contribution in [1.82, 2.24) is 9.88 Å². The smallest absolute Gasteiger partial charge is 0.231 e. The molecule has 0 aliphatic carbocycles. The van der Waals surface area contributed by atoms with Gasteiger partial charge in [-0.05, 0) is 37.7 Å². The molecule has 0 saturated heterocycles. The van der Waals surface area contributed by atoms with Gasteiger partial charge >= 0.3 is 0 Å². The van der Waals surface area contributed by atoms with Gasteiger partial charge < -0.3 is 14.2 Å². The molecule has 1 unspecified atom stereocenters. The predicted octanol–water partition coefficient (Wildman–Crippen LogP) is 3.01. The molecular formula is C17H20N2O3. The Labute approximate surface area is 130 Å². The van der Waals surface area contributed by atoms with Gasteiger partial charge in [0.1, 0.15) is 5.75 Å². The van der Waals surface area contributed by atoms with E-state index in [9.17, 15) is 0 Å². The minimum atomic E-state index is 0.269. The molecule has 0 bridgehead atoms. The van der Waals surface area contributed by atoms with Crippen LogP contribution in [0.25, 0.3) is 0 Å². The third-order valence-electron chi connectivity index (χ3n) is 4.05. The molecule has 1 aromatic heterocycles. The number of hydrogen-bond donors (Lipinski definition) is 0. The highest BCUT2D eigenvalue weighted by Gasteiger charge is 2.20. The zero-order valence-electron chi connectivity index (χ0n) is 13.1. The van der Waals surface area contributed by atoms with Gasteiger partial charge in [-0.25, -0.2) is 0 Å². The topological polar surface area (TPSA) is 43.8 Å². The molecule has 1 atom stereocenters. The summed E-state index contributed by atoms with van der Waals surface area (Å²) in [5.41, 5.74) is 2.31. The number of methoxy groups -OCH3 is 1. The zero-order chi connectivity index (χ0) is 15.5. The highest BCUT2D eigenvalue weighted by atomic mass is 16.7. The highest BCUT2D eigenvalue weighted by molar-refractivity contribution is 5.51. The van der Waals surface area contributed by atoms with Crippen molar-refractivity contribution in [1.29, 1.82) is 0 Å². The van der Waals surface area contributed by atoms with Crippen molar-refractivity contribution in [3.63, 3.8) is 0 Å². The number of aromatic nitrogens is 1. The van der Waals surface area contributed by atoms with E-state index < -0.39 is 0 Å². The SMILES string of the molecule is COc1cc2c(cc1CN(C)C(C)c1ccncc1)OCO2. The first kappa shape index (κ1) is 14.7. The molecule has 3 rings (SSSR count). The summed E-state index contributed by atoms with van der Waals surface area (Å²) < 4.78 is 16.3. The summed E-state index contributed by atoms with van der Waals surface area (Å²) >= 11 is 0. The summed E-state index contributed by atoms with van der Waals surface area (Å²) in [5.74, 6) is 2.34. The molecule has 5 heteroatoms. The third-order valence-corrected chi connectivity index (χ3v) is 4.05. The lowest BCUT2D eigenvalue weighted by Gasteiger charge is -2.25. The molecule has 2 aromatic rings. The molecule has 0 N–H and O–H groups in total. The summed E-state index contributed by atoms with van der Waals surface area (Å²) in [7, 11) is 3.77. The molecule has 0 saturated carbocycles. The Morgan fingerprint density at radius 3 is 2.59 bits per heavy atom. The van der Waals surface area contributed by atoms with Crippen LogP contribution < -0.4 is 14.2 Å². The van der Waals surface area contributed by atoms with Crippen molar-refractivity contribution in [2.24, 2.45) is 0 Å². The van der Waals surface area contributed by atoms with E-state index in [-0.39, 0.29) is 12.8 Å². The van der Waals surface area contributed by atoms with Crippen molar-refractivity contribution in [2.75, 3.05) is 21.0 Å². The van der Waals surface area contributed by atoms with Crippen LogP contribution in [0.5, 0.6) is 17.2 Å². The molecule has 0 radical (unpaired) electrons. The minimum absolute atomic E-state index is 0.269. The first-order valence-electron chi connectivity index (χ1n) is 7.25. The average Bonchev–Trinajstić information content (AvgIpc) is 3.01. The summed E-state index contributed by atoms with van der Waals surface area (Å²) in [6.45, 7) is 3.20. The molecule has 0 amide bonds. The lowest BCUT2D eigenvalue weighted by Crippen LogP contribution is -2.22. The molecule has 1 aliphatic heterocycles. The molecule has 1 aromatic carbocycles. The Hall–Kier alpha value is -2.27. The van der Waals surface area contributed by atoms with Crippen molar-refractivity contribution >= 4 is 0 Å². The van der Waals surface area contributed by atoms with Gasteiger partial charge in [0.2, 0.25) is 6.79 Å². The van der Waals surface area contributed by atoms with E-state index in [0.717, 1.165) is 29.4 Å². The number of ether oxygens (including phenoxy) is 3. The maximum absolute atomic E-state index is 5.48. The van der Waals surface area contributed by atoms with Gasteiger partial charge in [0.05, 0.1) is 7.11 Å². The summed E-state index contributed by atoms with van der Waals surface area (Å²) in [4.78, 5) is 6.33. The van der Waals surface area contributed by atoms with E-state index in [2.05, 4.69) is 23.9 Å². The Morgan fingerprint density at radius 1 is 1.23 bits per heavy atom. The first-order chi connectivity index (χ1) is 10.7. The second-order valence-corrected chi connectivity index (χ2v) is 5.39. The fraction of sp³-hybridized carbons (Fsp3) is 0.353. The van der Waals surface area contributed by atoms with Crippen LogP contribution in [-0.2, 0) is 6.54 Å². The van der Waals surface area contributed by atoms with Crippen LogP contribution in [0.4, 0.5) is 0 Å². The fourth-order valence-electron chi connectivity index (χ4n) is 2.58. The van der Waals surface area contributed by atoms with Crippen LogP contribution in [0.15, 0.2) is 36.7 Å². The maximum Gasteiger partial charge on any atom is 0.231 e. The van der Waals surface area contributed by atoms with Gasteiger partial charge in [0.25, 0.3) is 0 Å². The monoisotopic (exact) mass is 300 g/mol. The summed E-state index contributed by atoms with van der Waals surface area (Å²) in [6, 6.07) is 8.24. The van der Waals surface area contributed by atoms with E-state index >= 15 is 0 Å². The minimum Gasteiger partial charge on any atom is -0.496 e. The van der Waals surface area contributed by atoms with Crippen LogP contribution in [0, 0.1) is 0 Å². The molecule has 2 heterocycles. The summed E-state index contributed by atoms with van der Waals surface area (Å²) in [5, 5.41) is 0. The van der Waals surface area contributed by atoms with E-state index in [1.165, 1.54) is 5.56 Å². The van der Waals surface area contributed by atoms with Crippen LogP contribution in [0.2, 0.25) is 0 Å². The van der Waals surface area contributed by atoms with Crippen molar-refractivity contribution in [2.45, 2.75) is 19.5 Å². The van der Waals surface area contributed by atoms with Gasteiger partial charge in [-0.3, -0.25) is 9.88 Å². The molecule has 1 aliphatic rings. The zero-order valence-corrected chi connectivity index (χ0v) is 13.1. The molecule has 0 spiro atoms. The van der Waals surface area contributed by atoms with Crippen molar-refractivity contribution in [3.8, 4) is 17.2 Å². The van der Waals surface area contributed by atoms with Gasteiger partial charge in [-0.1, -0.05) is 0 Å². The second kappa shape index (κ2) is 6.23. The average molecular weight is 300 g/mol. The number of hydrogen-bond acceptors (Lipinski definition) is 5. The number of benzene rings is 1. The first-order valence-corrected chi connectivity index (χ1v) is 7.25. The van der Waals surface area contributed by atoms with Crippen LogP contribution in [0.1, 0.15) is 24.1 Å². The second-order valence-electron chi connectivity index (χ2n) is 5.39. The van der Waals surface area contributed by atoms with Crippen LogP contribution >= 0.6 is 0 Å². The normalized spacial score (nSPS) is 14.2. The molecular weight excluding hydrogens is 280 g/mol. The lowest BCUT2D eigenvalue weighted by atomic mass is 10.1. The highest BCUT2D eigenvalue weighted by Crippen LogP contribution is 2.38. The predicted molar refractivity (Wildman–Crippen MR) is 83.2 cm³/mol. The number of rotatable bonds is 5. The maximum atomic E-state index is 5.48. The van der Waals surface area contributed by atoms with E-state index in [4.69, 9.17) is 14.2 Å². The Morgan fingerprint density at radius 2 is 1.91 bits per heavy atom. The summed E-state index contributed by atoms with van der Waals surface area (Å²) in [6.07, 6.45) is 3.64. The molecule has 116 valence electrons. The van der Waals surface area contributed by atoms with E-state index in [1.807, 2.05) is 36.7 Å². The molecule has 22 heavy (non-hydrogen) atoms. The largest absolute Gasteiger partial charge is 0.496 e. The van der Waals surface area contributed by atoms with Crippen LogP contribution in [-0.4, -0.2) is 30.8 Å². The number of pyridine rings is 1. The van der Waals surface area contributed by atoms with Gasteiger partial charge in [0, 0.05) is 36.6 Å². The fourth-order valence-corrected chi connectivity index (χ4v) is 2.58. The van der Waals surface area contributed by atoms with Crippen LogP contribution in [0.3, 0.4) is 0 Å². The third kappa shape index (κ3) is 2.85. The van der Waals surface area contributed by atoms with E-state index in [1.54, 1.807) is 7.11 Å². The van der Waals surface area contributed by atoms with Gasteiger partial charge in [0.15, 0.2) is 11.5 Å². The van der Waals surface area contributed by atoms with Gasteiger partial charge in [-0.15, -0.1) is 0 Å². The van der Waals surface area contributed by atoms with Crippen molar-refractivity contribution in [3.05, 3.63) is 47.8 Å².